The van der Waals surface area contributed by atoms with Gasteiger partial charge in [-0.1, -0.05) is 19.1 Å². The number of nitrogens with two attached hydrogens (primary N) is 1. The predicted octanol–water partition coefficient (Wildman–Crippen LogP) is 1.07. The van der Waals surface area contributed by atoms with E-state index in [0.29, 0.717) is 0 Å². The molecule has 0 aliphatic carbocycles. The molecule has 0 aromatic heterocycles. The summed E-state index contributed by atoms with van der Waals surface area (Å²) in [7, 11) is 0. The van der Waals surface area contributed by atoms with Crippen LogP contribution in [0.5, 0.6) is 0 Å². The Kier molecular flexibility index (Phi) is 8.57. The van der Waals surface area contributed by atoms with E-state index < -0.39 is 0 Å². The molecule has 0 atom stereocenters. The second-order valence-corrected chi connectivity index (χ2v) is 3.92. The van der Waals surface area contributed by atoms with Crippen LogP contribution in [0.15, 0.2) is 24.3 Å². The predicted molar refractivity (Wildman–Crippen MR) is 78.4 cm³/mol. The molecule has 0 unspecified atom stereocenters. The highest BCUT2D eigenvalue weighted by atomic mass is 35.5. The third kappa shape index (κ3) is 6.79. The van der Waals surface area contributed by atoms with Gasteiger partial charge in [0.15, 0.2) is 0 Å². The first kappa shape index (κ1) is 17.4. The van der Waals surface area contributed by atoms with Gasteiger partial charge in [-0.25, -0.2) is 0 Å². The number of benzene rings is 1. The highest BCUT2D eigenvalue weighted by molar-refractivity contribution is 5.94. The zero-order chi connectivity index (χ0) is 13.4. The molecular formula is C13H20ClN3O2. The van der Waals surface area contributed by atoms with Gasteiger partial charge in [0.2, 0.25) is 11.8 Å². The number of carbonyl (C=O) groups excluding carboxylic acids is 2. The summed E-state index contributed by atoms with van der Waals surface area (Å²) in [6.07, 6.45) is 1.15. The Hall–Kier alpha value is -1.59. The number of rotatable bonds is 6. The minimum atomic E-state index is -0.242. The highest BCUT2D eigenvalue weighted by Crippen LogP contribution is 2.10. The molecule has 19 heavy (non-hydrogen) atoms. The summed E-state index contributed by atoms with van der Waals surface area (Å²) in [4.78, 5) is 22.7. The van der Waals surface area contributed by atoms with E-state index in [1.54, 1.807) is 0 Å². The molecule has 1 aromatic rings. The van der Waals surface area contributed by atoms with Crippen LogP contribution >= 0.6 is 12.4 Å². The molecular weight excluding hydrogens is 266 g/mol. The maximum Gasteiger partial charge on any atom is 0.243 e. The van der Waals surface area contributed by atoms with Crippen LogP contribution in [0.2, 0.25) is 0 Å². The van der Waals surface area contributed by atoms with Crippen molar-refractivity contribution in [2.75, 3.05) is 18.4 Å². The molecule has 0 aliphatic rings. The summed E-state index contributed by atoms with van der Waals surface area (Å²) in [5.74, 6) is -0.455. The van der Waals surface area contributed by atoms with Crippen LogP contribution in [0.3, 0.4) is 0 Å². The fraction of sp³-hybridized carbons (Fsp3) is 0.385. The average molecular weight is 286 g/mol. The molecule has 0 radical (unpaired) electrons. The van der Waals surface area contributed by atoms with E-state index in [1.807, 2.05) is 31.2 Å². The van der Waals surface area contributed by atoms with Gasteiger partial charge in [-0.2, -0.15) is 0 Å². The van der Waals surface area contributed by atoms with Crippen LogP contribution in [0.25, 0.3) is 0 Å². The van der Waals surface area contributed by atoms with E-state index in [1.165, 1.54) is 0 Å². The topological polar surface area (TPSA) is 84.2 Å². The van der Waals surface area contributed by atoms with Crippen molar-refractivity contribution in [3.8, 4) is 0 Å². The minimum Gasteiger partial charge on any atom is -0.347 e. The quantitative estimate of drug-likeness (QED) is 0.731. The molecule has 106 valence electrons. The van der Waals surface area contributed by atoms with Crippen LogP contribution in [0.1, 0.15) is 18.9 Å². The minimum absolute atomic E-state index is 0. The molecule has 2 amide bonds. The zero-order valence-corrected chi connectivity index (χ0v) is 11.8. The molecule has 1 rings (SSSR count). The molecule has 0 heterocycles. The Balaban J connectivity index is 0.00000324. The van der Waals surface area contributed by atoms with Crippen molar-refractivity contribution in [2.24, 2.45) is 5.73 Å². The molecule has 5 nitrogen and oxygen atoms in total. The number of nitrogens with one attached hydrogen (secondary N) is 2. The lowest BCUT2D eigenvalue weighted by atomic mass is 10.1. The SMILES string of the molecule is CCc1cccc(NC(=O)CNC(=O)CCN)c1.Cl. The molecule has 0 aliphatic heterocycles. The van der Waals surface area contributed by atoms with Gasteiger partial charge < -0.3 is 16.4 Å². The molecule has 0 saturated heterocycles. The molecule has 0 fully saturated rings. The Bertz CT molecular complexity index is 424. The smallest absolute Gasteiger partial charge is 0.243 e. The van der Waals surface area contributed by atoms with Crippen LogP contribution < -0.4 is 16.4 Å². The summed E-state index contributed by atoms with van der Waals surface area (Å²) in [6.45, 7) is 2.30. The van der Waals surface area contributed by atoms with Gasteiger partial charge in [-0.15, -0.1) is 12.4 Å². The number of aryl methyl sites for hydroxylation is 1. The Morgan fingerprint density at radius 3 is 2.63 bits per heavy atom. The number of carbonyl (C=O) groups is 2. The van der Waals surface area contributed by atoms with Crippen molar-refractivity contribution in [3.05, 3.63) is 29.8 Å². The fourth-order valence-corrected chi connectivity index (χ4v) is 1.47. The summed E-state index contributed by atoms with van der Waals surface area (Å²) in [6, 6.07) is 7.62. The second-order valence-electron chi connectivity index (χ2n) is 3.92. The van der Waals surface area contributed by atoms with Gasteiger partial charge in [0.05, 0.1) is 6.54 Å². The molecule has 0 spiro atoms. The van der Waals surface area contributed by atoms with Gasteiger partial charge in [-0.05, 0) is 24.1 Å². The lowest BCUT2D eigenvalue weighted by molar-refractivity contribution is -0.124. The largest absolute Gasteiger partial charge is 0.347 e. The Morgan fingerprint density at radius 2 is 2.00 bits per heavy atom. The van der Waals surface area contributed by atoms with Crippen molar-refractivity contribution < 1.29 is 9.59 Å². The summed E-state index contributed by atoms with van der Waals surface area (Å²) in [5.41, 5.74) is 7.13. The van der Waals surface area contributed by atoms with Crippen molar-refractivity contribution in [2.45, 2.75) is 19.8 Å². The van der Waals surface area contributed by atoms with E-state index in [4.69, 9.17) is 5.73 Å². The molecule has 4 N–H and O–H groups in total. The van der Waals surface area contributed by atoms with Gasteiger partial charge in [0.25, 0.3) is 0 Å². The first-order valence-corrected chi connectivity index (χ1v) is 6.01. The highest BCUT2D eigenvalue weighted by Gasteiger charge is 2.05. The summed E-state index contributed by atoms with van der Waals surface area (Å²) >= 11 is 0. The second kappa shape index (κ2) is 9.35. The van der Waals surface area contributed by atoms with E-state index in [2.05, 4.69) is 10.6 Å². The van der Waals surface area contributed by atoms with Crippen molar-refractivity contribution in [3.63, 3.8) is 0 Å². The van der Waals surface area contributed by atoms with Crippen LogP contribution in [0.4, 0.5) is 5.69 Å². The number of amides is 2. The maximum absolute atomic E-state index is 11.6. The average Bonchev–Trinajstić information content (AvgIpc) is 2.37. The van der Waals surface area contributed by atoms with Crippen LogP contribution in [-0.2, 0) is 16.0 Å². The van der Waals surface area contributed by atoms with Crippen LogP contribution in [0, 0.1) is 0 Å². The standard InChI is InChI=1S/C13H19N3O2.ClH/c1-2-10-4-3-5-11(8-10)16-13(18)9-15-12(17)6-7-14;/h3-5,8H,2,6-7,9,14H2,1H3,(H,15,17)(H,16,18);1H. The Morgan fingerprint density at radius 1 is 1.26 bits per heavy atom. The molecule has 6 heteroatoms. The van der Waals surface area contributed by atoms with Crippen LogP contribution in [-0.4, -0.2) is 24.9 Å². The van der Waals surface area contributed by atoms with Crippen molar-refractivity contribution in [1.82, 2.24) is 5.32 Å². The first-order valence-electron chi connectivity index (χ1n) is 6.01. The third-order valence-corrected chi connectivity index (χ3v) is 2.44. The summed E-state index contributed by atoms with van der Waals surface area (Å²) in [5, 5.41) is 5.23. The van der Waals surface area contributed by atoms with E-state index in [9.17, 15) is 9.59 Å². The van der Waals surface area contributed by atoms with Gasteiger partial charge >= 0.3 is 0 Å². The third-order valence-electron chi connectivity index (χ3n) is 2.44. The van der Waals surface area contributed by atoms with Gasteiger partial charge in [0, 0.05) is 18.7 Å². The lowest BCUT2D eigenvalue weighted by Gasteiger charge is -2.07. The zero-order valence-electron chi connectivity index (χ0n) is 10.9. The lowest BCUT2D eigenvalue weighted by Crippen LogP contribution is -2.33. The Labute approximate surface area is 119 Å². The monoisotopic (exact) mass is 285 g/mol. The first-order chi connectivity index (χ1) is 8.65. The molecule has 1 aromatic carbocycles. The van der Waals surface area contributed by atoms with Gasteiger partial charge in [-0.3, -0.25) is 9.59 Å². The number of anilines is 1. The van der Waals surface area contributed by atoms with E-state index in [-0.39, 0.29) is 43.7 Å². The van der Waals surface area contributed by atoms with Gasteiger partial charge in [0.1, 0.15) is 0 Å². The van der Waals surface area contributed by atoms with Crippen molar-refractivity contribution >= 4 is 29.9 Å². The molecule has 0 bridgehead atoms. The van der Waals surface area contributed by atoms with Crippen molar-refractivity contribution in [1.29, 1.82) is 0 Å². The molecule has 0 saturated carbocycles. The summed E-state index contributed by atoms with van der Waals surface area (Å²) < 4.78 is 0. The number of hydrogen-bond donors (Lipinski definition) is 3. The van der Waals surface area contributed by atoms with E-state index in [0.717, 1.165) is 17.7 Å². The number of halogens is 1. The number of hydrogen-bond acceptors (Lipinski definition) is 3. The van der Waals surface area contributed by atoms with E-state index >= 15 is 0 Å². The normalized spacial score (nSPS) is 9.37. The fourth-order valence-electron chi connectivity index (χ4n) is 1.47. The maximum atomic E-state index is 11.6.